The molecule has 0 aliphatic heterocycles. The number of allylic oxidation sites excluding steroid dienone is 2. The van der Waals surface area contributed by atoms with Crippen molar-refractivity contribution in [2.24, 2.45) is 5.41 Å². The summed E-state index contributed by atoms with van der Waals surface area (Å²) < 4.78 is 0. The molecule has 0 fully saturated rings. The number of rotatable bonds is 0. The van der Waals surface area contributed by atoms with E-state index in [1.54, 1.807) is 0 Å². The average Bonchev–Trinajstić information content (AvgIpc) is 2.50. The van der Waals surface area contributed by atoms with E-state index in [0.29, 0.717) is 0 Å². The number of aromatic nitrogens is 3. The molecule has 0 aromatic carbocycles. The first-order chi connectivity index (χ1) is 6.67. The normalized spacial score (nSPS) is 16.6. The summed E-state index contributed by atoms with van der Waals surface area (Å²) in [5.74, 6) is 0. The highest BCUT2D eigenvalue weighted by atomic mass is 15.3. The highest BCUT2D eigenvalue weighted by Crippen LogP contribution is 2.18. The largest absolute Gasteiger partial charge is 0.258 e. The molecule has 0 amide bonds. The lowest BCUT2D eigenvalue weighted by Gasteiger charge is -2.11. The van der Waals surface area contributed by atoms with Gasteiger partial charge in [0, 0.05) is 5.41 Å². The van der Waals surface area contributed by atoms with Crippen LogP contribution < -0.4 is 10.7 Å². The molecular formula is C11H17N3. The van der Waals surface area contributed by atoms with Gasteiger partial charge in [0.2, 0.25) is 0 Å². The van der Waals surface area contributed by atoms with Gasteiger partial charge in [-0.3, -0.25) is 5.10 Å². The highest BCUT2D eigenvalue weighted by molar-refractivity contribution is 5.44. The number of fused-ring (bicyclic) bond motifs is 1. The number of hydrogen-bond acceptors (Lipinski definition) is 2. The van der Waals surface area contributed by atoms with E-state index < -0.39 is 0 Å². The van der Waals surface area contributed by atoms with Gasteiger partial charge in [-0.2, -0.15) is 0 Å². The van der Waals surface area contributed by atoms with Crippen LogP contribution in [0.5, 0.6) is 0 Å². The Morgan fingerprint density at radius 1 is 1.29 bits per heavy atom. The van der Waals surface area contributed by atoms with E-state index in [4.69, 9.17) is 0 Å². The Kier molecular flexibility index (Phi) is 3.23. The molecule has 0 saturated carbocycles. The van der Waals surface area contributed by atoms with Crippen molar-refractivity contribution in [2.75, 3.05) is 0 Å². The summed E-state index contributed by atoms with van der Waals surface area (Å²) in [5, 5.41) is 12.5. The first kappa shape index (κ1) is 10.7. The van der Waals surface area contributed by atoms with Gasteiger partial charge in [-0.05, 0) is 12.2 Å². The maximum atomic E-state index is 3.98. The molecule has 0 atom stereocenters. The van der Waals surface area contributed by atoms with Crippen molar-refractivity contribution in [1.82, 2.24) is 15.4 Å². The van der Waals surface area contributed by atoms with Gasteiger partial charge in [-0.1, -0.05) is 45.1 Å². The maximum Gasteiger partial charge on any atom is 0.109 e. The van der Waals surface area contributed by atoms with Gasteiger partial charge in [0.1, 0.15) is 5.35 Å². The van der Waals surface area contributed by atoms with E-state index in [-0.39, 0.29) is 5.41 Å². The summed E-state index contributed by atoms with van der Waals surface area (Å²) in [6.07, 6.45) is 8.26. The Morgan fingerprint density at radius 3 is 2.71 bits per heavy atom. The minimum absolute atomic E-state index is 0.0681. The van der Waals surface area contributed by atoms with Crippen molar-refractivity contribution in [3.05, 3.63) is 22.9 Å². The van der Waals surface area contributed by atoms with Crippen molar-refractivity contribution >= 4 is 12.2 Å². The molecule has 0 bridgehead atoms. The summed E-state index contributed by atoms with van der Waals surface area (Å²) in [7, 11) is 0. The van der Waals surface area contributed by atoms with Gasteiger partial charge in [-0.25, -0.2) is 0 Å². The number of nitrogens with zero attached hydrogens (tertiary/aromatic N) is 2. The van der Waals surface area contributed by atoms with Crippen LogP contribution in [-0.4, -0.2) is 15.4 Å². The first-order valence-corrected chi connectivity index (χ1v) is 4.97. The fraction of sp³-hybridized carbons (Fsp3) is 0.455. The number of aromatic amines is 1. The van der Waals surface area contributed by atoms with Crippen molar-refractivity contribution in [3.63, 3.8) is 0 Å². The second-order valence-corrected chi connectivity index (χ2v) is 3.60. The molecule has 14 heavy (non-hydrogen) atoms. The smallest absolute Gasteiger partial charge is 0.109 e. The van der Waals surface area contributed by atoms with E-state index in [2.05, 4.69) is 41.4 Å². The fourth-order valence-corrected chi connectivity index (χ4v) is 1.27. The van der Waals surface area contributed by atoms with Crippen LogP contribution in [0.4, 0.5) is 0 Å². The second-order valence-electron chi connectivity index (χ2n) is 3.60. The van der Waals surface area contributed by atoms with Gasteiger partial charge in [-0.15, -0.1) is 5.10 Å². The standard InChI is InChI=1S/C9H11N3.C2H6/c1-9(2)5-3-4-7-8(6-9)11-12-10-7;1-2/h3-6H,1-2H3,(H,10,11);1-2H3. The van der Waals surface area contributed by atoms with Gasteiger partial charge < -0.3 is 0 Å². The highest BCUT2D eigenvalue weighted by Gasteiger charge is 2.11. The quantitative estimate of drug-likeness (QED) is 0.664. The number of hydrogen-bond donors (Lipinski definition) is 1. The van der Waals surface area contributed by atoms with Crippen LogP contribution in [-0.2, 0) is 0 Å². The minimum Gasteiger partial charge on any atom is -0.258 e. The predicted molar refractivity (Wildman–Crippen MR) is 58.8 cm³/mol. The van der Waals surface area contributed by atoms with Crippen LogP contribution in [0.25, 0.3) is 12.2 Å². The Bertz CT molecular complexity index is 424. The number of H-pyrrole nitrogens is 1. The van der Waals surface area contributed by atoms with Crippen molar-refractivity contribution in [3.8, 4) is 0 Å². The van der Waals surface area contributed by atoms with Gasteiger partial charge in [0.25, 0.3) is 0 Å². The summed E-state index contributed by atoms with van der Waals surface area (Å²) in [6.45, 7) is 8.28. The fourth-order valence-electron chi connectivity index (χ4n) is 1.27. The Hall–Kier alpha value is -1.38. The first-order valence-electron chi connectivity index (χ1n) is 4.97. The minimum atomic E-state index is 0.0681. The molecule has 1 aliphatic carbocycles. The van der Waals surface area contributed by atoms with E-state index in [0.717, 1.165) is 10.7 Å². The van der Waals surface area contributed by atoms with E-state index in [1.807, 2.05) is 26.0 Å². The van der Waals surface area contributed by atoms with E-state index in [9.17, 15) is 0 Å². The molecule has 0 unspecified atom stereocenters. The molecule has 0 radical (unpaired) electrons. The lowest BCUT2D eigenvalue weighted by atomic mass is 9.93. The third-order valence-electron chi connectivity index (χ3n) is 1.90. The van der Waals surface area contributed by atoms with Crippen LogP contribution in [0.3, 0.4) is 0 Å². The number of nitrogens with one attached hydrogen (secondary N) is 1. The molecule has 1 aromatic rings. The van der Waals surface area contributed by atoms with Crippen LogP contribution >= 0.6 is 0 Å². The zero-order valence-electron chi connectivity index (χ0n) is 9.20. The molecular weight excluding hydrogens is 174 g/mol. The summed E-state index contributed by atoms with van der Waals surface area (Å²) in [5.41, 5.74) is 0.0681. The van der Waals surface area contributed by atoms with Crippen LogP contribution in [0, 0.1) is 5.41 Å². The third kappa shape index (κ3) is 2.31. The van der Waals surface area contributed by atoms with Crippen molar-refractivity contribution < 1.29 is 0 Å². The summed E-state index contributed by atoms with van der Waals surface area (Å²) in [6, 6.07) is 0. The molecule has 1 heterocycles. The Morgan fingerprint density at radius 2 is 2.00 bits per heavy atom. The van der Waals surface area contributed by atoms with Crippen LogP contribution in [0.15, 0.2) is 12.2 Å². The molecule has 0 saturated heterocycles. The zero-order chi connectivity index (χ0) is 10.6. The zero-order valence-corrected chi connectivity index (χ0v) is 9.20. The topological polar surface area (TPSA) is 41.6 Å². The maximum absolute atomic E-state index is 3.98. The molecule has 0 spiro atoms. The monoisotopic (exact) mass is 191 g/mol. The summed E-state index contributed by atoms with van der Waals surface area (Å²) in [4.78, 5) is 0. The van der Waals surface area contributed by atoms with Crippen molar-refractivity contribution in [2.45, 2.75) is 27.7 Å². The average molecular weight is 191 g/mol. The van der Waals surface area contributed by atoms with Gasteiger partial charge >= 0.3 is 0 Å². The SMILES string of the molecule is CC.CC1(C)C=CC=c2[nH]nnc2=C1. The second kappa shape index (κ2) is 4.22. The molecule has 76 valence electrons. The lowest BCUT2D eigenvalue weighted by molar-refractivity contribution is 0.668. The van der Waals surface area contributed by atoms with Gasteiger partial charge in [0.05, 0.1) is 5.35 Å². The van der Waals surface area contributed by atoms with Gasteiger partial charge in [0.15, 0.2) is 0 Å². The molecule has 1 aliphatic rings. The van der Waals surface area contributed by atoms with Crippen LogP contribution in [0.1, 0.15) is 27.7 Å². The lowest BCUT2D eigenvalue weighted by Crippen LogP contribution is -2.25. The van der Waals surface area contributed by atoms with E-state index >= 15 is 0 Å². The molecule has 3 heteroatoms. The van der Waals surface area contributed by atoms with Crippen LogP contribution in [0.2, 0.25) is 0 Å². The molecule has 3 nitrogen and oxygen atoms in total. The summed E-state index contributed by atoms with van der Waals surface area (Å²) >= 11 is 0. The van der Waals surface area contributed by atoms with Crippen molar-refractivity contribution in [1.29, 1.82) is 0 Å². The van der Waals surface area contributed by atoms with E-state index in [1.165, 1.54) is 0 Å². The molecule has 2 rings (SSSR count). The Labute approximate surface area is 84.2 Å². The molecule has 1 N–H and O–H groups in total. The Balaban J connectivity index is 0.000000461. The molecule has 1 aromatic heterocycles. The predicted octanol–water partition coefficient (Wildman–Crippen LogP) is 0.988. The third-order valence-corrected chi connectivity index (χ3v) is 1.90.